The van der Waals surface area contributed by atoms with Crippen LogP contribution in [0, 0.1) is 0 Å². The van der Waals surface area contributed by atoms with Crippen LogP contribution in [-0.4, -0.2) is 33.4 Å². The molecule has 0 bridgehead atoms. The summed E-state index contributed by atoms with van der Waals surface area (Å²) in [7, 11) is 0. The molecule has 2 atom stereocenters. The van der Waals surface area contributed by atoms with Crippen LogP contribution in [0.5, 0.6) is 0 Å². The number of thioether (sulfide) groups is 3. The Labute approximate surface area is 86.8 Å². The summed E-state index contributed by atoms with van der Waals surface area (Å²) < 4.78 is 6.92. The average molecular weight is 222 g/mol. The van der Waals surface area contributed by atoms with Gasteiger partial charge < -0.3 is 4.74 Å². The van der Waals surface area contributed by atoms with E-state index in [9.17, 15) is 0 Å². The Balaban J connectivity index is 1.73. The Hall–Kier alpha value is 1.01. The van der Waals surface area contributed by atoms with E-state index in [-0.39, 0.29) is 0 Å². The maximum Gasteiger partial charge on any atom is 0.106 e. The third-order valence-electron chi connectivity index (χ3n) is 1.96. The Kier molecular flexibility index (Phi) is 3.21. The second kappa shape index (κ2) is 4.03. The second-order valence-corrected chi connectivity index (χ2v) is 7.66. The van der Waals surface area contributed by atoms with Crippen LogP contribution in [0.25, 0.3) is 0 Å². The summed E-state index contributed by atoms with van der Waals surface area (Å²) in [6.45, 7) is 4.06. The van der Waals surface area contributed by atoms with Crippen molar-refractivity contribution in [1.29, 1.82) is 0 Å². The van der Waals surface area contributed by atoms with Gasteiger partial charge in [0.2, 0.25) is 0 Å². The van der Waals surface area contributed by atoms with Gasteiger partial charge in [-0.25, -0.2) is 0 Å². The number of hydrogen-bond acceptors (Lipinski definition) is 4. The minimum Gasteiger partial charge on any atom is -0.379 e. The molecule has 0 aromatic rings. The van der Waals surface area contributed by atoms with Gasteiger partial charge in [0.05, 0.1) is 11.2 Å². The molecule has 2 aliphatic rings. The molecule has 4 heteroatoms. The molecular formula is C8H14OS3. The predicted molar refractivity (Wildman–Crippen MR) is 60.1 cm³/mol. The molecule has 0 spiro atoms. The van der Waals surface area contributed by atoms with Gasteiger partial charge in [-0.15, -0.1) is 35.3 Å². The molecule has 0 aromatic heterocycles. The van der Waals surface area contributed by atoms with Crippen molar-refractivity contribution in [2.24, 2.45) is 0 Å². The normalized spacial score (nSPS) is 39.2. The molecule has 2 unspecified atom stereocenters. The number of ether oxygens (including phenoxy) is 1. The van der Waals surface area contributed by atoms with Crippen LogP contribution in [0.1, 0.15) is 13.3 Å². The third kappa shape index (κ3) is 1.91. The third-order valence-corrected chi connectivity index (χ3v) is 7.51. The van der Waals surface area contributed by atoms with Crippen LogP contribution in [0.3, 0.4) is 0 Å². The van der Waals surface area contributed by atoms with Gasteiger partial charge in [0, 0.05) is 18.1 Å². The lowest BCUT2D eigenvalue weighted by Crippen LogP contribution is -2.21. The maximum absolute atomic E-state index is 5.61. The quantitative estimate of drug-likeness (QED) is 0.534. The van der Waals surface area contributed by atoms with Crippen molar-refractivity contribution in [2.75, 3.05) is 24.7 Å². The largest absolute Gasteiger partial charge is 0.379 e. The molecule has 2 fully saturated rings. The first-order chi connectivity index (χ1) is 5.87. The van der Waals surface area contributed by atoms with E-state index in [1.54, 1.807) is 0 Å². The second-order valence-electron chi connectivity index (χ2n) is 3.03. The van der Waals surface area contributed by atoms with Gasteiger partial charge in [-0.05, 0) is 6.42 Å². The van der Waals surface area contributed by atoms with Crippen molar-refractivity contribution < 1.29 is 4.74 Å². The molecule has 2 aliphatic heterocycles. The van der Waals surface area contributed by atoms with Crippen molar-refractivity contribution in [3.05, 3.63) is 0 Å². The van der Waals surface area contributed by atoms with E-state index < -0.39 is 0 Å². The van der Waals surface area contributed by atoms with Gasteiger partial charge in [-0.3, -0.25) is 0 Å². The van der Waals surface area contributed by atoms with Crippen molar-refractivity contribution in [3.63, 3.8) is 0 Å². The topological polar surface area (TPSA) is 9.23 Å². The summed E-state index contributed by atoms with van der Waals surface area (Å²) in [4.78, 5) is 0. The first-order valence-electron chi connectivity index (χ1n) is 4.38. The zero-order valence-electron chi connectivity index (χ0n) is 7.25. The van der Waals surface area contributed by atoms with E-state index in [1.807, 2.05) is 0 Å². The monoisotopic (exact) mass is 222 g/mol. The Bertz CT molecular complexity index is 164. The zero-order chi connectivity index (χ0) is 8.44. The number of rotatable bonds is 4. The lowest BCUT2D eigenvalue weighted by Gasteiger charge is -2.18. The Morgan fingerprint density at radius 1 is 1.50 bits per heavy atom. The highest BCUT2D eigenvalue weighted by atomic mass is 32.2. The molecule has 0 saturated carbocycles. The van der Waals surface area contributed by atoms with Crippen molar-refractivity contribution in [1.82, 2.24) is 0 Å². The van der Waals surface area contributed by atoms with Gasteiger partial charge in [0.1, 0.15) is 4.08 Å². The van der Waals surface area contributed by atoms with Crippen LogP contribution in [0.4, 0.5) is 0 Å². The number of hydrogen-bond donors (Lipinski definition) is 0. The van der Waals surface area contributed by atoms with E-state index in [2.05, 4.69) is 42.2 Å². The fourth-order valence-corrected chi connectivity index (χ4v) is 6.58. The highest BCUT2D eigenvalue weighted by Gasteiger charge is 2.58. The van der Waals surface area contributed by atoms with Crippen molar-refractivity contribution >= 4 is 35.3 Å². The van der Waals surface area contributed by atoms with Crippen LogP contribution in [-0.2, 0) is 4.74 Å². The van der Waals surface area contributed by atoms with E-state index in [4.69, 9.17) is 4.74 Å². The zero-order valence-corrected chi connectivity index (χ0v) is 9.70. The molecule has 0 radical (unpaired) electrons. The molecule has 0 aromatic carbocycles. The molecule has 70 valence electrons. The van der Waals surface area contributed by atoms with Gasteiger partial charge in [-0.1, -0.05) is 6.92 Å². The summed E-state index contributed by atoms with van der Waals surface area (Å²) in [6, 6.07) is 0. The lowest BCUT2D eigenvalue weighted by molar-refractivity contribution is 0.137. The first kappa shape index (κ1) is 9.56. The van der Waals surface area contributed by atoms with Crippen molar-refractivity contribution in [3.8, 4) is 0 Å². The highest BCUT2D eigenvalue weighted by molar-refractivity contribution is 8.35. The molecule has 2 saturated heterocycles. The van der Waals surface area contributed by atoms with Gasteiger partial charge >= 0.3 is 0 Å². The summed E-state index contributed by atoms with van der Waals surface area (Å²) in [5.74, 6) is 2.64. The highest BCUT2D eigenvalue weighted by Crippen LogP contribution is 2.68. The number of fused-ring (bicyclic) bond motifs is 1. The van der Waals surface area contributed by atoms with Gasteiger partial charge in [-0.2, -0.15) is 0 Å². The SMILES string of the molecule is CCCOCC12SCCSC1S2. The molecule has 0 aliphatic carbocycles. The first-order valence-corrected chi connectivity index (χ1v) is 7.30. The molecule has 0 N–H and O–H groups in total. The molecular weight excluding hydrogens is 208 g/mol. The maximum atomic E-state index is 5.61. The summed E-state index contributed by atoms with van der Waals surface area (Å²) in [6.07, 6.45) is 1.14. The van der Waals surface area contributed by atoms with Crippen LogP contribution in [0.2, 0.25) is 0 Å². The van der Waals surface area contributed by atoms with Crippen LogP contribution >= 0.6 is 35.3 Å². The van der Waals surface area contributed by atoms with Gasteiger partial charge in [0.15, 0.2) is 0 Å². The summed E-state index contributed by atoms with van der Waals surface area (Å²) in [5, 5.41) is 0. The average Bonchev–Trinajstić information content (AvgIpc) is 2.79. The van der Waals surface area contributed by atoms with E-state index >= 15 is 0 Å². The molecule has 1 nitrogen and oxygen atoms in total. The Morgan fingerprint density at radius 3 is 3.17 bits per heavy atom. The summed E-state index contributed by atoms with van der Waals surface area (Å²) >= 11 is 6.32. The Morgan fingerprint density at radius 2 is 2.42 bits per heavy atom. The van der Waals surface area contributed by atoms with Crippen LogP contribution in [0.15, 0.2) is 0 Å². The predicted octanol–water partition coefficient (Wildman–Crippen LogP) is 2.66. The molecule has 12 heavy (non-hydrogen) atoms. The minimum absolute atomic E-state index is 0.470. The van der Waals surface area contributed by atoms with E-state index in [0.717, 1.165) is 24.2 Å². The van der Waals surface area contributed by atoms with E-state index in [0.29, 0.717) is 4.08 Å². The fraction of sp³-hybridized carbons (Fsp3) is 1.00. The van der Waals surface area contributed by atoms with Gasteiger partial charge in [0.25, 0.3) is 0 Å². The standard InChI is InChI=1S/C8H14OS3/c1-2-3-9-6-8-7(12-8)10-4-5-11-8/h7H,2-6H2,1H3. The molecule has 2 rings (SSSR count). The smallest absolute Gasteiger partial charge is 0.106 e. The molecule has 0 amide bonds. The van der Waals surface area contributed by atoms with Crippen LogP contribution < -0.4 is 0 Å². The van der Waals surface area contributed by atoms with E-state index in [1.165, 1.54) is 11.5 Å². The molecule has 2 heterocycles. The lowest BCUT2D eigenvalue weighted by atomic mass is 10.5. The van der Waals surface area contributed by atoms with Crippen molar-refractivity contribution in [2.45, 2.75) is 22.0 Å². The minimum atomic E-state index is 0.470. The fourth-order valence-electron chi connectivity index (χ4n) is 1.28. The summed E-state index contributed by atoms with van der Waals surface area (Å²) in [5.41, 5.74) is 0.